The van der Waals surface area contributed by atoms with Gasteiger partial charge in [-0.05, 0) is 93.3 Å². The van der Waals surface area contributed by atoms with E-state index in [1.807, 2.05) is 29.2 Å². The Morgan fingerprint density at radius 3 is 2.24 bits per heavy atom. The molecule has 1 atom stereocenters. The van der Waals surface area contributed by atoms with Crippen LogP contribution in [-0.4, -0.2) is 121 Å². The largest absolute Gasteiger partial charge is 0.436 e. The summed E-state index contributed by atoms with van der Waals surface area (Å²) in [5.74, 6) is -0.349. The molecule has 2 aromatic rings. The number of nitrogens with zero attached hydrogens (tertiary/aromatic N) is 4. The molecule has 2 aromatic carbocycles. The van der Waals surface area contributed by atoms with Gasteiger partial charge in [-0.15, -0.1) is 0 Å². The first-order chi connectivity index (χ1) is 23.7. The molecule has 0 aromatic heterocycles. The minimum atomic E-state index is -1.05. The molecule has 6 rings (SSSR count). The van der Waals surface area contributed by atoms with Crippen LogP contribution < -0.4 is 10.1 Å². The van der Waals surface area contributed by atoms with Crippen LogP contribution in [0.4, 0.5) is 15.3 Å². The maximum absolute atomic E-state index is 14.1. The molecule has 4 heterocycles. The van der Waals surface area contributed by atoms with Gasteiger partial charge < -0.3 is 34.2 Å². The van der Waals surface area contributed by atoms with E-state index in [0.29, 0.717) is 66.3 Å². The van der Waals surface area contributed by atoms with Gasteiger partial charge in [0.15, 0.2) is 11.9 Å². The summed E-state index contributed by atoms with van der Waals surface area (Å²) in [6, 6.07) is 11.7. The third-order valence-electron chi connectivity index (χ3n) is 9.88. The molecule has 0 saturated carbocycles. The van der Waals surface area contributed by atoms with Crippen molar-refractivity contribution in [3.8, 4) is 5.75 Å². The number of urea groups is 1. The normalized spacial score (nSPS) is 20.2. The standard InChI is InChI=1S/C35H43Br2N5O7/c1-23(43)48-32-28(36)20-24(21-29(32)37)22-31(33(44)40-16-14-39(15-17-40)26-9-18-47-19-10-26)49-35(46)41-11-7-27(8-12-41)42-13-6-25-4-2-3-5-30(25)38-34(42)45/h2-5,20-21,26-27,31H,6-19,22H2,1H3,(H,38,45)/t31-/m1/s1. The Bertz CT molecular complexity index is 1510. The third-order valence-corrected chi connectivity index (χ3v) is 11.1. The number of ether oxygens (including phenoxy) is 3. The summed E-state index contributed by atoms with van der Waals surface area (Å²) >= 11 is 6.96. The van der Waals surface area contributed by atoms with Crippen LogP contribution in [0.3, 0.4) is 0 Å². The Kier molecular flexibility index (Phi) is 11.8. The van der Waals surface area contributed by atoms with Crippen LogP contribution in [0, 0.1) is 0 Å². The van der Waals surface area contributed by atoms with E-state index in [1.165, 1.54) is 6.92 Å². The highest BCUT2D eigenvalue weighted by atomic mass is 79.9. The van der Waals surface area contributed by atoms with Crippen LogP contribution in [0.25, 0.3) is 0 Å². The Hall–Kier alpha value is -3.20. The second kappa shape index (κ2) is 16.2. The number of piperazine rings is 1. The van der Waals surface area contributed by atoms with Crippen LogP contribution in [0.15, 0.2) is 45.3 Å². The highest BCUT2D eigenvalue weighted by molar-refractivity contribution is 9.11. The van der Waals surface area contributed by atoms with Crippen molar-refractivity contribution >= 4 is 61.5 Å². The molecule has 4 aliphatic rings. The van der Waals surface area contributed by atoms with Crippen molar-refractivity contribution < 1.29 is 33.4 Å². The van der Waals surface area contributed by atoms with Gasteiger partial charge in [0.2, 0.25) is 0 Å². The van der Waals surface area contributed by atoms with E-state index < -0.39 is 18.2 Å². The average molecular weight is 806 g/mol. The number of hydrogen-bond donors (Lipinski definition) is 1. The highest BCUT2D eigenvalue weighted by Crippen LogP contribution is 2.36. The molecule has 4 amide bonds. The van der Waals surface area contributed by atoms with E-state index in [9.17, 15) is 19.2 Å². The number of fused-ring (bicyclic) bond motifs is 1. The zero-order valence-electron chi connectivity index (χ0n) is 27.7. The van der Waals surface area contributed by atoms with Gasteiger partial charge in [0, 0.05) is 90.1 Å². The van der Waals surface area contributed by atoms with Crippen molar-refractivity contribution in [2.24, 2.45) is 0 Å². The number of halogens is 2. The summed E-state index contributed by atoms with van der Waals surface area (Å²) in [6.07, 6.45) is 2.54. The number of nitrogens with one attached hydrogen (secondary N) is 1. The molecule has 49 heavy (non-hydrogen) atoms. The SMILES string of the molecule is CC(=O)Oc1c(Br)cc(C[C@@H](OC(=O)N2CCC(N3CCc4ccccc4NC3=O)CC2)C(=O)N2CCN(C3CCOCC3)CC2)cc1Br. The zero-order valence-corrected chi connectivity index (χ0v) is 30.9. The molecule has 3 fully saturated rings. The molecule has 4 aliphatic heterocycles. The van der Waals surface area contributed by atoms with E-state index in [-0.39, 0.29) is 24.4 Å². The van der Waals surface area contributed by atoms with Crippen molar-refractivity contribution in [1.82, 2.24) is 19.6 Å². The number of piperidine rings is 1. The van der Waals surface area contributed by atoms with E-state index in [4.69, 9.17) is 14.2 Å². The second-order valence-electron chi connectivity index (χ2n) is 13.0. The molecule has 3 saturated heterocycles. The summed E-state index contributed by atoms with van der Waals surface area (Å²) in [6.45, 7) is 6.91. The smallest absolute Gasteiger partial charge is 0.410 e. The Balaban J connectivity index is 1.11. The summed E-state index contributed by atoms with van der Waals surface area (Å²) in [4.78, 5) is 60.2. The Labute approximate surface area is 303 Å². The van der Waals surface area contributed by atoms with E-state index in [0.717, 1.165) is 62.4 Å². The van der Waals surface area contributed by atoms with Crippen molar-refractivity contribution in [2.45, 2.75) is 63.6 Å². The molecule has 1 N–H and O–H groups in total. The first-order valence-corrected chi connectivity index (χ1v) is 18.6. The fourth-order valence-electron chi connectivity index (χ4n) is 7.22. The lowest BCUT2D eigenvalue weighted by atomic mass is 10.0. The lowest BCUT2D eigenvalue weighted by Crippen LogP contribution is -2.56. The summed E-state index contributed by atoms with van der Waals surface area (Å²) in [7, 11) is 0. The fraction of sp³-hybridized carbons (Fsp3) is 0.543. The number of likely N-dealkylation sites (tertiary alicyclic amines) is 1. The summed E-state index contributed by atoms with van der Waals surface area (Å²) < 4.78 is 18.0. The molecule has 14 heteroatoms. The molecule has 0 spiro atoms. The zero-order chi connectivity index (χ0) is 34.5. The van der Waals surface area contributed by atoms with Crippen molar-refractivity contribution in [3.63, 3.8) is 0 Å². The number of amides is 4. The monoisotopic (exact) mass is 803 g/mol. The second-order valence-corrected chi connectivity index (χ2v) is 14.7. The number of benzene rings is 2. The summed E-state index contributed by atoms with van der Waals surface area (Å²) in [5, 5.41) is 3.04. The van der Waals surface area contributed by atoms with Gasteiger partial charge in [-0.25, -0.2) is 9.59 Å². The number of carbonyl (C=O) groups is 4. The minimum absolute atomic E-state index is 0.00625. The lowest BCUT2D eigenvalue weighted by Gasteiger charge is -2.41. The van der Waals surface area contributed by atoms with Gasteiger partial charge in [-0.2, -0.15) is 0 Å². The molecular weight excluding hydrogens is 762 g/mol. The fourth-order valence-corrected chi connectivity index (χ4v) is 8.66. The predicted octanol–water partition coefficient (Wildman–Crippen LogP) is 5.06. The molecular formula is C35H43Br2N5O7. The highest BCUT2D eigenvalue weighted by Gasteiger charge is 2.36. The van der Waals surface area contributed by atoms with E-state index in [2.05, 4.69) is 42.1 Å². The topological polar surface area (TPSA) is 121 Å². The molecule has 12 nitrogen and oxygen atoms in total. The predicted molar refractivity (Wildman–Crippen MR) is 190 cm³/mol. The van der Waals surface area contributed by atoms with Crippen molar-refractivity contribution in [1.29, 1.82) is 0 Å². The molecule has 0 aliphatic carbocycles. The molecule has 264 valence electrons. The van der Waals surface area contributed by atoms with E-state index >= 15 is 0 Å². The number of anilines is 1. The van der Waals surface area contributed by atoms with Gasteiger partial charge in [0.05, 0.1) is 8.95 Å². The van der Waals surface area contributed by atoms with Gasteiger partial charge in [-0.3, -0.25) is 14.5 Å². The Morgan fingerprint density at radius 1 is 0.898 bits per heavy atom. The third kappa shape index (κ3) is 8.76. The molecule has 0 unspecified atom stereocenters. The number of esters is 1. The van der Waals surface area contributed by atoms with Crippen LogP contribution in [0.1, 0.15) is 43.7 Å². The number of para-hydroxylation sites is 1. The van der Waals surface area contributed by atoms with Gasteiger partial charge in [0.25, 0.3) is 5.91 Å². The van der Waals surface area contributed by atoms with Crippen molar-refractivity contribution in [3.05, 3.63) is 56.5 Å². The van der Waals surface area contributed by atoms with Gasteiger partial charge in [0.1, 0.15) is 0 Å². The average Bonchev–Trinajstić information content (AvgIpc) is 3.27. The summed E-state index contributed by atoms with van der Waals surface area (Å²) in [5.41, 5.74) is 2.69. The van der Waals surface area contributed by atoms with Crippen LogP contribution in [0.5, 0.6) is 5.75 Å². The maximum atomic E-state index is 14.1. The number of hydrogen-bond acceptors (Lipinski definition) is 8. The van der Waals surface area contributed by atoms with Crippen LogP contribution in [-0.2, 0) is 31.9 Å². The van der Waals surface area contributed by atoms with Crippen LogP contribution in [0.2, 0.25) is 0 Å². The Morgan fingerprint density at radius 2 is 1.57 bits per heavy atom. The maximum Gasteiger partial charge on any atom is 0.410 e. The quantitative estimate of drug-likeness (QED) is 0.305. The molecule has 0 radical (unpaired) electrons. The van der Waals surface area contributed by atoms with Crippen molar-refractivity contribution in [2.75, 3.05) is 64.3 Å². The van der Waals surface area contributed by atoms with E-state index in [1.54, 1.807) is 21.9 Å². The number of carbonyl (C=O) groups excluding carboxylic acids is 4. The minimum Gasteiger partial charge on any atom is -0.436 e. The lowest BCUT2D eigenvalue weighted by molar-refractivity contribution is -0.143. The van der Waals surface area contributed by atoms with Crippen LogP contribution >= 0.6 is 31.9 Å². The van der Waals surface area contributed by atoms with Gasteiger partial charge in [-0.1, -0.05) is 18.2 Å². The first kappa shape index (κ1) is 35.6. The van der Waals surface area contributed by atoms with Gasteiger partial charge >= 0.3 is 18.1 Å². The molecule has 0 bridgehead atoms. The first-order valence-electron chi connectivity index (χ1n) is 17.0. The number of rotatable bonds is 7.